The quantitative estimate of drug-likeness (QED) is 0.108. The Hall–Kier alpha value is -2.66. The van der Waals surface area contributed by atoms with Gasteiger partial charge in [-0.05, 0) is 59.6 Å². The summed E-state index contributed by atoms with van der Waals surface area (Å²) in [7, 11) is 0. The molecule has 2 heteroatoms. The van der Waals surface area contributed by atoms with Gasteiger partial charge in [0.1, 0.15) is 0 Å². The van der Waals surface area contributed by atoms with Gasteiger partial charge in [0.15, 0.2) is 0 Å². The standard InChI is InChI=1S/C28H36N2/c1-3-5-7-8-9-10-13-25-17-21-27(22-18-25)28(14-11-23-30-29)26-19-15-24(16-20-26)12-6-4-2/h11,14-22H,3-10,12-13H2,1-2H3. The molecule has 0 aliphatic rings. The molecule has 2 nitrogen and oxygen atoms in total. The molecule has 0 spiro atoms. The van der Waals surface area contributed by atoms with Gasteiger partial charge in [-0.2, -0.15) is 0 Å². The highest BCUT2D eigenvalue weighted by Gasteiger charge is 2.06. The summed E-state index contributed by atoms with van der Waals surface area (Å²) >= 11 is 0. The molecule has 2 aromatic rings. The normalized spacial score (nSPS) is 11.1. The Morgan fingerprint density at radius 3 is 1.77 bits per heavy atom. The molecule has 0 saturated carbocycles. The van der Waals surface area contributed by atoms with Crippen LogP contribution < -0.4 is 0 Å². The predicted octanol–water partition coefficient (Wildman–Crippen LogP) is 7.82. The molecule has 0 radical (unpaired) electrons. The van der Waals surface area contributed by atoms with Crippen LogP contribution in [-0.2, 0) is 12.8 Å². The van der Waals surface area contributed by atoms with Crippen molar-refractivity contribution in [2.24, 2.45) is 0 Å². The van der Waals surface area contributed by atoms with Crippen molar-refractivity contribution in [3.63, 3.8) is 0 Å². The second-order valence-corrected chi connectivity index (χ2v) is 7.99. The summed E-state index contributed by atoms with van der Waals surface area (Å²) in [6, 6.07) is 17.7. The first-order valence-electron chi connectivity index (χ1n) is 11.6. The first-order chi connectivity index (χ1) is 14.8. The molecule has 0 unspecified atom stereocenters. The Balaban J connectivity index is 2.09. The summed E-state index contributed by atoms with van der Waals surface area (Å²) in [4.78, 5) is 2.97. The van der Waals surface area contributed by atoms with Crippen molar-refractivity contribution in [2.75, 3.05) is 0 Å². The minimum absolute atomic E-state index is 1.11. The van der Waals surface area contributed by atoms with Gasteiger partial charge < -0.3 is 5.53 Å². The van der Waals surface area contributed by atoms with E-state index < -0.39 is 0 Å². The van der Waals surface area contributed by atoms with E-state index in [9.17, 15) is 0 Å². The number of hydrogen-bond acceptors (Lipinski definition) is 0. The third kappa shape index (κ3) is 8.37. The van der Waals surface area contributed by atoms with Crippen LogP contribution in [0.5, 0.6) is 0 Å². The highest BCUT2D eigenvalue weighted by atomic mass is 14.8. The fourth-order valence-corrected chi connectivity index (χ4v) is 3.71. The highest BCUT2D eigenvalue weighted by Crippen LogP contribution is 2.25. The molecular weight excluding hydrogens is 364 g/mol. The van der Waals surface area contributed by atoms with Gasteiger partial charge in [0.25, 0.3) is 5.87 Å². The molecule has 0 heterocycles. The Labute approximate surface area is 183 Å². The molecule has 0 saturated heterocycles. The van der Waals surface area contributed by atoms with Crippen LogP contribution in [0.3, 0.4) is 0 Å². The minimum Gasteiger partial charge on any atom is -0.348 e. The van der Waals surface area contributed by atoms with Crippen molar-refractivity contribution in [2.45, 2.75) is 78.1 Å². The molecule has 0 aliphatic carbocycles. The first kappa shape index (κ1) is 23.6. The van der Waals surface area contributed by atoms with Crippen molar-refractivity contribution in [3.05, 3.63) is 88.5 Å². The number of unbranched alkanes of at least 4 members (excludes halogenated alkanes) is 6. The van der Waals surface area contributed by atoms with Gasteiger partial charge in [-0.25, -0.2) is 0 Å². The van der Waals surface area contributed by atoms with Crippen LogP contribution in [0, 0.1) is 0 Å². The molecule has 0 aromatic heterocycles. The topological polar surface area (TPSA) is 36.4 Å². The average Bonchev–Trinajstić information content (AvgIpc) is 2.79. The molecule has 0 bridgehead atoms. The van der Waals surface area contributed by atoms with Crippen molar-refractivity contribution in [1.29, 1.82) is 0 Å². The lowest BCUT2D eigenvalue weighted by Crippen LogP contribution is -1.92. The highest BCUT2D eigenvalue weighted by molar-refractivity contribution is 5.82. The molecule has 30 heavy (non-hydrogen) atoms. The van der Waals surface area contributed by atoms with Crippen molar-refractivity contribution in [3.8, 4) is 0 Å². The van der Waals surface area contributed by atoms with Crippen LogP contribution >= 0.6 is 0 Å². The Bertz CT molecular complexity index is 847. The summed E-state index contributed by atoms with van der Waals surface area (Å²) in [5.74, 6) is 2.50. The number of hydrogen-bond donors (Lipinski definition) is 0. The summed E-state index contributed by atoms with van der Waals surface area (Å²) < 4.78 is 0. The van der Waals surface area contributed by atoms with E-state index in [2.05, 4.69) is 73.0 Å². The van der Waals surface area contributed by atoms with E-state index in [-0.39, 0.29) is 0 Å². The predicted molar refractivity (Wildman–Crippen MR) is 129 cm³/mol. The van der Waals surface area contributed by atoms with Crippen LogP contribution in [0.1, 0.15) is 87.5 Å². The molecule has 0 atom stereocenters. The Kier molecular flexibility index (Phi) is 11.3. The van der Waals surface area contributed by atoms with Gasteiger partial charge in [-0.1, -0.05) is 101 Å². The molecule has 0 aliphatic heterocycles. The van der Waals surface area contributed by atoms with Gasteiger partial charge in [0.2, 0.25) is 0 Å². The van der Waals surface area contributed by atoms with Crippen LogP contribution in [0.2, 0.25) is 0 Å². The monoisotopic (exact) mass is 400 g/mol. The SMILES string of the molecule is CCCCCCCCc1ccc(C(=CC=C=[N+]=[N-])c2ccc(CCCC)cc2)cc1. The van der Waals surface area contributed by atoms with E-state index >= 15 is 0 Å². The summed E-state index contributed by atoms with van der Waals surface area (Å²) in [5, 5.41) is 0. The Morgan fingerprint density at radius 1 is 0.733 bits per heavy atom. The largest absolute Gasteiger partial charge is 0.348 e. The summed E-state index contributed by atoms with van der Waals surface area (Å²) in [5.41, 5.74) is 14.9. The lowest BCUT2D eigenvalue weighted by molar-refractivity contribution is 0.00805. The molecular formula is C28H36N2. The third-order valence-corrected chi connectivity index (χ3v) is 5.55. The van der Waals surface area contributed by atoms with Crippen molar-refractivity contribution in [1.82, 2.24) is 0 Å². The maximum atomic E-state index is 8.68. The maximum absolute atomic E-state index is 8.68. The zero-order valence-corrected chi connectivity index (χ0v) is 18.7. The smallest absolute Gasteiger partial charge is 0.299 e. The average molecular weight is 401 g/mol. The molecule has 158 valence electrons. The van der Waals surface area contributed by atoms with E-state index in [0.29, 0.717) is 0 Å². The first-order valence-corrected chi connectivity index (χ1v) is 11.6. The molecule has 0 amide bonds. The van der Waals surface area contributed by atoms with Crippen LogP contribution in [0.15, 0.2) is 60.7 Å². The summed E-state index contributed by atoms with van der Waals surface area (Å²) in [6.07, 6.45) is 16.3. The number of benzene rings is 2. The number of nitrogens with zero attached hydrogens (tertiary/aromatic N) is 2. The minimum atomic E-state index is 1.11. The van der Waals surface area contributed by atoms with E-state index in [1.54, 1.807) is 6.08 Å². The Morgan fingerprint density at radius 2 is 1.23 bits per heavy atom. The van der Waals surface area contributed by atoms with Crippen molar-refractivity contribution >= 4 is 11.4 Å². The summed E-state index contributed by atoms with van der Waals surface area (Å²) in [6.45, 7) is 4.48. The van der Waals surface area contributed by atoms with Crippen LogP contribution in [0.4, 0.5) is 0 Å². The van der Waals surface area contributed by atoms with Gasteiger partial charge in [-0.15, -0.1) is 4.79 Å². The fourth-order valence-electron chi connectivity index (χ4n) is 3.71. The zero-order chi connectivity index (χ0) is 21.4. The van der Waals surface area contributed by atoms with Gasteiger partial charge in [-0.3, -0.25) is 0 Å². The van der Waals surface area contributed by atoms with Crippen LogP contribution in [-0.4, -0.2) is 10.7 Å². The van der Waals surface area contributed by atoms with Crippen molar-refractivity contribution < 1.29 is 4.79 Å². The number of rotatable bonds is 13. The third-order valence-electron chi connectivity index (χ3n) is 5.55. The number of allylic oxidation sites excluding steroid dienone is 2. The van der Waals surface area contributed by atoms with Gasteiger partial charge in [0.05, 0.1) is 6.08 Å². The second-order valence-electron chi connectivity index (χ2n) is 7.99. The molecule has 0 fully saturated rings. The van der Waals surface area contributed by atoms with Crippen LogP contribution in [0.25, 0.3) is 11.1 Å². The lowest BCUT2D eigenvalue weighted by atomic mass is 9.94. The molecule has 2 aromatic carbocycles. The zero-order valence-electron chi connectivity index (χ0n) is 18.7. The fraction of sp³-hybridized carbons (Fsp3) is 0.429. The van der Waals surface area contributed by atoms with E-state index in [0.717, 1.165) is 24.0 Å². The number of aryl methyl sites for hydroxylation is 2. The van der Waals surface area contributed by atoms with Gasteiger partial charge >= 0.3 is 0 Å². The van der Waals surface area contributed by atoms with E-state index in [4.69, 9.17) is 5.53 Å². The van der Waals surface area contributed by atoms with E-state index in [1.165, 1.54) is 68.1 Å². The molecule has 0 N–H and O–H groups in total. The second kappa shape index (κ2) is 14.3. The van der Waals surface area contributed by atoms with E-state index in [1.807, 2.05) is 6.08 Å². The maximum Gasteiger partial charge on any atom is 0.299 e. The lowest BCUT2D eigenvalue weighted by Gasteiger charge is -2.10. The van der Waals surface area contributed by atoms with Gasteiger partial charge in [0, 0.05) is 0 Å². The molecule has 2 rings (SSSR count).